The maximum Gasteiger partial charge on any atom is 0.341 e. The summed E-state index contributed by atoms with van der Waals surface area (Å²) < 4.78 is 10.8. The van der Waals surface area contributed by atoms with Gasteiger partial charge >= 0.3 is 5.97 Å². The van der Waals surface area contributed by atoms with Gasteiger partial charge in [0.05, 0.1) is 18.8 Å². The van der Waals surface area contributed by atoms with E-state index < -0.39 is 0 Å². The molecule has 1 amide bonds. The summed E-state index contributed by atoms with van der Waals surface area (Å²) in [6.07, 6.45) is 2.85. The quantitative estimate of drug-likeness (QED) is 0.700. The predicted molar refractivity (Wildman–Crippen MR) is 107 cm³/mol. The van der Waals surface area contributed by atoms with E-state index in [-0.39, 0.29) is 11.9 Å². The lowest BCUT2D eigenvalue weighted by Crippen LogP contribution is -2.15. The zero-order chi connectivity index (χ0) is 19.4. The van der Waals surface area contributed by atoms with Crippen molar-refractivity contribution in [2.75, 3.05) is 18.5 Å². The van der Waals surface area contributed by atoms with Gasteiger partial charge in [-0.1, -0.05) is 13.8 Å². The fraction of sp³-hybridized carbons (Fsp3) is 0.429. The van der Waals surface area contributed by atoms with Crippen LogP contribution < -0.4 is 10.1 Å². The molecule has 0 saturated carbocycles. The third-order valence-electron chi connectivity index (χ3n) is 4.33. The molecule has 2 aromatic rings. The lowest BCUT2D eigenvalue weighted by molar-refractivity contribution is 0.0527. The van der Waals surface area contributed by atoms with Crippen molar-refractivity contribution in [1.29, 1.82) is 0 Å². The van der Waals surface area contributed by atoms with E-state index in [0.29, 0.717) is 35.3 Å². The van der Waals surface area contributed by atoms with Gasteiger partial charge in [-0.15, -0.1) is 11.3 Å². The Hall–Kier alpha value is -2.34. The van der Waals surface area contributed by atoms with Gasteiger partial charge in [0.15, 0.2) is 0 Å². The number of benzene rings is 1. The summed E-state index contributed by atoms with van der Waals surface area (Å²) in [7, 11) is 0. The summed E-state index contributed by atoms with van der Waals surface area (Å²) in [5.41, 5.74) is 2.08. The highest BCUT2D eigenvalue weighted by Gasteiger charge is 2.28. The van der Waals surface area contributed by atoms with Crippen LogP contribution in [0.2, 0.25) is 0 Å². The number of hydrogen-bond donors (Lipinski definition) is 1. The van der Waals surface area contributed by atoms with E-state index in [1.165, 1.54) is 16.2 Å². The van der Waals surface area contributed by atoms with Crippen molar-refractivity contribution in [2.45, 2.75) is 40.0 Å². The van der Waals surface area contributed by atoms with Gasteiger partial charge in [-0.05, 0) is 61.9 Å². The van der Waals surface area contributed by atoms with E-state index in [1.807, 2.05) is 0 Å². The summed E-state index contributed by atoms with van der Waals surface area (Å²) in [5.74, 6) is 0.582. The molecule has 5 nitrogen and oxygen atoms in total. The molecule has 0 spiro atoms. The second-order valence-electron chi connectivity index (χ2n) is 6.97. The predicted octanol–water partition coefficient (Wildman–Crippen LogP) is 4.70. The Bertz CT molecular complexity index is 823. The van der Waals surface area contributed by atoms with Crippen LogP contribution in [0.1, 0.15) is 58.3 Å². The Labute approximate surface area is 163 Å². The van der Waals surface area contributed by atoms with Crippen molar-refractivity contribution in [3.05, 3.63) is 45.8 Å². The number of nitrogens with one attached hydrogen (secondary N) is 1. The third-order valence-corrected chi connectivity index (χ3v) is 5.53. The number of carbonyl (C=O) groups is 2. The van der Waals surface area contributed by atoms with Crippen LogP contribution in [0.4, 0.5) is 5.00 Å². The minimum Gasteiger partial charge on any atom is -0.493 e. The smallest absolute Gasteiger partial charge is 0.341 e. The van der Waals surface area contributed by atoms with Crippen molar-refractivity contribution < 1.29 is 19.1 Å². The number of hydrogen-bond acceptors (Lipinski definition) is 5. The Morgan fingerprint density at radius 3 is 2.59 bits per heavy atom. The zero-order valence-electron chi connectivity index (χ0n) is 16.0. The first-order valence-corrected chi connectivity index (χ1v) is 10.2. The van der Waals surface area contributed by atoms with Crippen molar-refractivity contribution >= 4 is 28.2 Å². The van der Waals surface area contributed by atoms with Gasteiger partial charge in [0.25, 0.3) is 5.91 Å². The molecule has 1 aromatic carbocycles. The van der Waals surface area contributed by atoms with Gasteiger partial charge in [-0.3, -0.25) is 4.79 Å². The topological polar surface area (TPSA) is 64.6 Å². The van der Waals surface area contributed by atoms with Crippen LogP contribution in [0, 0.1) is 5.92 Å². The second kappa shape index (κ2) is 8.57. The molecule has 0 unspecified atom stereocenters. The monoisotopic (exact) mass is 387 g/mol. The van der Waals surface area contributed by atoms with Crippen molar-refractivity contribution in [3.8, 4) is 5.75 Å². The molecule has 1 aromatic heterocycles. The number of esters is 1. The Morgan fingerprint density at radius 2 is 1.93 bits per heavy atom. The highest BCUT2D eigenvalue weighted by molar-refractivity contribution is 7.17. The molecule has 1 heterocycles. The molecule has 27 heavy (non-hydrogen) atoms. The molecular formula is C21H25NO4S. The first-order valence-electron chi connectivity index (χ1n) is 9.35. The Morgan fingerprint density at radius 1 is 1.19 bits per heavy atom. The summed E-state index contributed by atoms with van der Waals surface area (Å²) in [6.45, 7) is 6.90. The molecule has 6 heteroatoms. The zero-order valence-corrected chi connectivity index (χ0v) is 16.8. The molecule has 0 atom stereocenters. The van der Waals surface area contributed by atoms with Crippen LogP contribution in [0.5, 0.6) is 5.75 Å². The van der Waals surface area contributed by atoms with E-state index in [4.69, 9.17) is 9.47 Å². The van der Waals surface area contributed by atoms with E-state index >= 15 is 0 Å². The molecule has 0 fully saturated rings. The molecule has 1 aliphatic rings. The fourth-order valence-electron chi connectivity index (χ4n) is 3.05. The average molecular weight is 388 g/mol. The summed E-state index contributed by atoms with van der Waals surface area (Å²) >= 11 is 1.48. The molecule has 0 aliphatic heterocycles. The van der Waals surface area contributed by atoms with Crippen molar-refractivity contribution in [2.24, 2.45) is 5.92 Å². The first-order chi connectivity index (χ1) is 13.0. The van der Waals surface area contributed by atoms with Gasteiger partial charge in [0.2, 0.25) is 0 Å². The maximum absolute atomic E-state index is 12.7. The number of aryl methyl sites for hydroxylation is 1. The van der Waals surface area contributed by atoms with Gasteiger partial charge in [0.1, 0.15) is 10.8 Å². The molecule has 1 N–H and O–H groups in total. The maximum atomic E-state index is 12.7. The fourth-order valence-corrected chi connectivity index (χ4v) is 4.32. The van der Waals surface area contributed by atoms with E-state index in [9.17, 15) is 9.59 Å². The average Bonchev–Trinajstić information content (AvgIpc) is 3.21. The third kappa shape index (κ3) is 4.50. The van der Waals surface area contributed by atoms with E-state index in [1.54, 1.807) is 31.2 Å². The summed E-state index contributed by atoms with van der Waals surface area (Å²) in [6, 6.07) is 7.04. The van der Waals surface area contributed by atoms with Gasteiger partial charge in [-0.2, -0.15) is 0 Å². The van der Waals surface area contributed by atoms with Crippen LogP contribution in [0.25, 0.3) is 0 Å². The standard InChI is InChI=1S/C21H25NO4S/c1-4-25-21(24)18-16-6-5-7-17(16)27-20(18)22-19(23)14-8-10-15(11-9-14)26-12-13(2)3/h8-11,13H,4-7,12H2,1-3H3,(H,22,23). The molecular weight excluding hydrogens is 362 g/mol. The van der Waals surface area contributed by atoms with E-state index in [2.05, 4.69) is 19.2 Å². The van der Waals surface area contributed by atoms with Gasteiger partial charge in [-0.25, -0.2) is 4.79 Å². The molecule has 144 valence electrons. The van der Waals surface area contributed by atoms with Crippen LogP contribution in [-0.2, 0) is 17.6 Å². The van der Waals surface area contributed by atoms with Crippen LogP contribution >= 0.6 is 11.3 Å². The molecule has 3 rings (SSSR count). The molecule has 1 aliphatic carbocycles. The SMILES string of the molecule is CCOC(=O)c1c(NC(=O)c2ccc(OCC(C)C)cc2)sc2c1CCC2. The molecule has 0 radical (unpaired) electrons. The highest BCUT2D eigenvalue weighted by Crippen LogP contribution is 2.39. The van der Waals surface area contributed by atoms with Crippen LogP contribution in [-0.4, -0.2) is 25.1 Å². The summed E-state index contributed by atoms with van der Waals surface area (Å²) in [4.78, 5) is 26.2. The first kappa shape index (κ1) is 19.4. The van der Waals surface area contributed by atoms with E-state index in [0.717, 1.165) is 30.6 Å². The number of amides is 1. The lowest BCUT2D eigenvalue weighted by Gasteiger charge is -2.10. The minimum atomic E-state index is -0.357. The molecule has 0 saturated heterocycles. The van der Waals surface area contributed by atoms with Gasteiger partial charge in [0, 0.05) is 10.4 Å². The Kier molecular flexibility index (Phi) is 6.16. The van der Waals surface area contributed by atoms with Gasteiger partial charge < -0.3 is 14.8 Å². The summed E-state index contributed by atoms with van der Waals surface area (Å²) in [5, 5.41) is 3.49. The second-order valence-corrected chi connectivity index (χ2v) is 8.07. The number of rotatable bonds is 7. The van der Waals surface area contributed by atoms with Crippen LogP contribution in [0.3, 0.4) is 0 Å². The number of carbonyl (C=O) groups excluding carboxylic acids is 2. The van der Waals surface area contributed by atoms with Crippen molar-refractivity contribution in [3.63, 3.8) is 0 Å². The van der Waals surface area contributed by atoms with Crippen LogP contribution in [0.15, 0.2) is 24.3 Å². The highest BCUT2D eigenvalue weighted by atomic mass is 32.1. The Balaban J connectivity index is 1.75. The normalized spacial score (nSPS) is 12.7. The number of ether oxygens (including phenoxy) is 2. The largest absolute Gasteiger partial charge is 0.493 e. The van der Waals surface area contributed by atoms with Crippen molar-refractivity contribution in [1.82, 2.24) is 0 Å². The number of fused-ring (bicyclic) bond motifs is 1. The lowest BCUT2D eigenvalue weighted by atomic mass is 10.1. The number of anilines is 1. The minimum absolute atomic E-state index is 0.240. The number of thiophene rings is 1. The molecule has 0 bridgehead atoms.